The lowest BCUT2D eigenvalue weighted by Crippen LogP contribution is -2.27. The summed E-state index contributed by atoms with van der Waals surface area (Å²) in [5.41, 5.74) is -1.43. The first-order chi connectivity index (χ1) is 19.0. The van der Waals surface area contributed by atoms with Gasteiger partial charge in [-0.1, -0.05) is 39.0 Å². The van der Waals surface area contributed by atoms with E-state index in [0.717, 1.165) is 30.9 Å². The second kappa shape index (κ2) is 13.0. The van der Waals surface area contributed by atoms with Crippen LogP contribution in [-0.2, 0) is 6.11 Å². The van der Waals surface area contributed by atoms with Crippen LogP contribution < -0.4 is 9.47 Å². The normalized spacial score (nSPS) is 23.9. The maximum atomic E-state index is 14.9. The van der Waals surface area contributed by atoms with Crippen LogP contribution in [0.15, 0.2) is 24.3 Å². The summed E-state index contributed by atoms with van der Waals surface area (Å²) in [4.78, 5) is 0. The molecule has 0 aromatic heterocycles. The molecular weight excluding hydrogens is 544 g/mol. The van der Waals surface area contributed by atoms with Crippen LogP contribution >= 0.6 is 0 Å². The highest BCUT2D eigenvalue weighted by Crippen LogP contribution is 2.45. The van der Waals surface area contributed by atoms with E-state index in [1.54, 1.807) is 0 Å². The zero-order valence-corrected chi connectivity index (χ0v) is 22.3. The molecule has 0 N–H and O–H groups in total. The number of ether oxygens (including phenoxy) is 2. The van der Waals surface area contributed by atoms with Crippen LogP contribution in [0.25, 0.3) is 0 Å². The van der Waals surface area contributed by atoms with Crippen LogP contribution in [0.3, 0.4) is 0 Å². The molecule has 0 atom stereocenters. The molecule has 0 spiro atoms. The molecule has 0 amide bonds. The number of hydrogen-bond donors (Lipinski definition) is 0. The third-order valence-corrected chi connectivity index (χ3v) is 8.55. The van der Waals surface area contributed by atoms with E-state index in [9.17, 15) is 35.1 Å². The van der Waals surface area contributed by atoms with E-state index in [1.165, 1.54) is 44.9 Å². The monoisotopic (exact) mass is 578 g/mol. The molecule has 2 aromatic rings. The minimum atomic E-state index is -4.65. The largest absolute Gasteiger partial charge is 0.432 e. The van der Waals surface area contributed by atoms with Crippen molar-refractivity contribution in [2.45, 2.75) is 96.2 Å². The Labute approximate surface area is 229 Å². The molecule has 2 aromatic carbocycles. The second-order valence-electron chi connectivity index (χ2n) is 11.1. The average Bonchev–Trinajstić information content (AvgIpc) is 2.89. The van der Waals surface area contributed by atoms with E-state index >= 15 is 0 Å². The molecule has 0 aliphatic heterocycles. The Bertz CT molecular complexity index is 1090. The first kappa shape index (κ1) is 30.4. The molecule has 0 bridgehead atoms. The van der Waals surface area contributed by atoms with E-state index in [1.807, 2.05) is 0 Å². The van der Waals surface area contributed by atoms with Crippen molar-refractivity contribution in [3.05, 3.63) is 58.7 Å². The first-order valence-electron chi connectivity index (χ1n) is 14.0. The van der Waals surface area contributed by atoms with Gasteiger partial charge in [-0.05, 0) is 79.9 Å². The van der Waals surface area contributed by atoms with Crippen LogP contribution in [0.5, 0.6) is 11.5 Å². The molecule has 0 radical (unpaired) electrons. The molecule has 0 saturated heterocycles. The van der Waals surface area contributed by atoms with Gasteiger partial charge in [0.1, 0.15) is 22.9 Å². The lowest BCUT2D eigenvalue weighted by molar-refractivity contribution is -0.189. The second-order valence-corrected chi connectivity index (χ2v) is 11.1. The van der Waals surface area contributed by atoms with Crippen molar-refractivity contribution in [1.29, 1.82) is 0 Å². The molecule has 2 aliphatic carbocycles. The molecule has 40 heavy (non-hydrogen) atoms. The quantitative estimate of drug-likeness (QED) is 0.261. The number of rotatable bonds is 10. The van der Waals surface area contributed by atoms with Gasteiger partial charge in [0.25, 0.3) is 0 Å². The highest BCUT2D eigenvalue weighted by atomic mass is 19.3. The molecule has 10 heteroatoms. The number of halogens is 8. The summed E-state index contributed by atoms with van der Waals surface area (Å²) in [6, 6.07) is 2.05. The van der Waals surface area contributed by atoms with E-state index in [-0.39, 0.29) is 23.6 Å². The van der Waals surface area contributed by atoms with Crippen molar-refractivity contribution in [3.63, 3.8) is 0 Å². The predicted molar refractivity (Wildman–Crippen MR) is 134 cm³/mol. The van der Waals surface area contributed by atoms with Gasteiger partial charge < -0.3 is 9.47 Å². The lowest BCUT2D eigenvalue weighted by Gasteiger charge is -2.38. The van der Waals surface area contributed by atoms with Gasteiger partial charge in [-0.15, -0.1) is 0 Å². The Morgan fingerprint density at radius 1 is 0.775 bits per heavy atom. The van der Waals surface area contributed by atoms with Crippen LogP contribution in [0.1, 0.15) is 94.6 Å². The van der Waals surface area contributed by atoms with Gasteiger partial charge >= 0.3 is 12.7 Å². The van der Waals surface area contributed by atoms with Gasteiger partial charge in [0.15, 0.2) is 17.4 Å². The molecule has 2 saturated carbocycles. The summed E-state index contributed by atoms with van der Waals surface area (Å²) in [6.07, 6.45) is 7.32. The molecule has 2 aliphatic rings. The fourth-order valence-corrected chi connectivity index (χ4v) is 6.47. The molecule has 222 valence electrons. The molecule has 0 heterocycles. The van der Waals surface area contributed by atoms with Crippen LogP contribution in [0, 0.1) is 41.0 Å². The van der Waals surface area contributed by atoms with E-state index in [0.29, 0.717) is 24.7 Å². The van der Waals surface area contributed by atoms with Gasteiger partial charge in [0, 0.05) is 12.1 Å². The number of hydrogen-bond acceptors (Lipinski definition) is 2. The van der Waals surface area contributed by atoms with Crippen molar-refractivity contribution in [2.75, 3.05) is 0 Å². The third kappa shape index (κ3) is 7.21. The number of unbranched alkanes of at least 4 members (excludes halogenated alkanes) is 1. The fraction of sp³-hybridized carbons (Fsp3) is 0.600. The standard InChI is InChI=1S/C30H34F8O2/c1-2-3-4-17-5-7-18(8-6-17)19-9-11-20(12-10-19)21-13-23(31)27(24(32)14-21)30(37,38)40-22-15-25(33)28(26(34)16-22)39-29(35)36/h13-20,29H,2-12H2,1H3. The van der Waals surface area contributed by atoms with Gasteiger partial charge in [-0.25, -0.2) is 17.6 Å². The Morgan fingerprint density at radius 2 is 1.30 bits per heavy atom. The van der Waals surface area contributed by atoms with E-state index < -0.39 is 53.1 Å². The summed E-state index contributed by atoms with van der Waals surface area (Å²) < 4.78 is 120. The zero-order chi connectivity index (χ0) is 29.0. The smallest absolute Gasteiger partial charge is 0.429 e. The Kier molecular flexibility index (Phi) is 9.88. The molecule has 0 unspecified atom stereocenters. The molecule has 2 nitrogen and oxygen atoms in total. The van der Waals surface area contributed by atoms with Gasteiger partial charge in [0.2, 0.25) is 0 Å². The fourth-order valence-electron chi connectivity index (χ4n) is 6.47. The molecular formula is C30H34F8O2. The van der Waals surface area contributed by atoms with Crippen LogP contribution in [0.4, 0.5) is 35.1 Å². The maximum absolute atomic E-state index is 14.9. The van der Waals surface area contributed by atoms with Crippen LogP contribution in [0.2, 0.25) is 0 Å². The molecule has 2 fully saturated rings. The van der Waals surface area contributed by atoms with Crippen molar-refractivity contribution in [2.24, 2.45) is 17.8 Å². The van der Waals surface area contributed by atoms with Gasteiger partial charge in [0.05, 0.1) is 0 Å². The van der Waals surface area contributed by atoms with Crippen LogP contribution in [-0.4, -0.2) is 6.61 Å². The summed E-state index contributed by atoms with van der Waals surface area (Å²) >= 11 is 0. The predicted octanol–water partition coefficient (Wildman–Crippen LogP) is 10.2. The first-order valence-corrected chi connectivity index (χ1v) is 14.0. The minimum Gasteiger partial charge on any atom is -0.429 e. The lowest BCUT2D eigenvalue weighted by atomic mass is 9.68. The summed E-state index contributed by atoms with van der Waals surface area (Å²) in [6.45, 7) is -1.36. The highest BCUT2D eigenvalue weighted by Gasteiger charge is 2.42. The summed E-state index contributed by atoms with van der Waals surface area (Å²) in [5.74, 6) is -7.39. The minimum absolute atomic E-state index is 0.162. The Balaban J connectivity index is 1.40. The summed E-state index contributed by atoms with van der Waals surface area (Å²) in [5, 5.41) is 0. The zero-order valence-electron chi connectivity index (χ0n) is 22.3. The van der Waals surface area contributed by atoms with E-state index in [2.05, 4.69) is 16.4 Å². The Morgan fingerprint density at radius 3 is 1.80 bits per heavy atom. The van der Waals surface area contributed by atoms with E-state index in [4.69, 9.17) is 0 Å². The topological polar surface area (TPSA) is 18.5 Å². The molecule has 4 rings (SSSR count). The SMILES string of the molecule is CCCCC1CCC(C2CCC(c3cc(F)c(C(F)(F)Oc4cc(F)c(OC(F)F)c(F)c4)c(F)c3)CC2)CC1. The summed E-state index contributed by atoms with van der Waals surface area (Å²) in [7, 11) is 0. The Hall–Kier alpha value is -2.52. The van der Waals surface area contributed by atoms with Crippen molar-refractivity contribution in [1.82, 2.24) is 0 Å². The van der Waals surface area contributed by atoms with Crippen molar-refractivity contribution >= 4 is 0 Å². The van der Waals surface area contributed by atoms with Crippen molar-refractivity contribution < 1.29 is 44.6 Å². The maximum Gasteiger partial charge on any atom is 0.432 e. The van der Waals surface area contributed by atoms with Gasteiger partial charge in [-0.3, -0.25) is 0 Å². The number of alkyl halides is 4. The van der Waals surface area contributed by atoms with Crippen molar-refractivity contribution in [3.8, 4) is 11.5 Å². The number of benzene rings is 2. The third-order valence-electron chi connectivity index (χ3n) is 8.55. The highest BCUT2D eigenvalue weighted by molar-refractivity contribution is 5.36. The van der Waals surface area contributed by atoms with Gasteiger partial charge in [-0.2, -0.15) is 17.6 Å². The average molecular weight is 579 g/mol.